The third-order valence-corrected chi connectivity index (χ3v) is 6.73. The van der Waals surface area contributed by atoms with Crippen LogP contribution >= 0.6 is 0 Å². The van der Waals surface area contributed by atoms with Gasteiger partial charge in [-0.15, -0.1) is 0 Å². The predicted octanol–water partition coefficient (Wildman–Crippen LogP) is 2.50. The number of carbonyl (C=O) groups excluding carboxylic acids is 3. The van der Waals surface area contributed by atoms with Gasteiger partial charge in [-0.2, -0.15) is 0 Å². The molecular formula is C26H34N6O3. The predicted molar refractivity (Wildman–Crippen MR) is 133 cm³/mol. The minimum Gasteiger partial charge on any atom is -0.353 e. The van der Waals surface area contributed by atoms with Gasteiger partial charge in [0.15, 0.2) is 0 Å². The lowest BCUT2D eigenvalue weighted by Crippen LogP contribution is -2.52. The lowest BCUT2D eigenvalue weighted by atomic mass is 9.93. The Morgan fingerprint density at radius 1 is 1.09 bits per heavy atom. The van der Waals surface area contributed by atoms with Crippen molar-refractivity contribution in [3.05, 3.63) is 53.5 Å². The van der Waals surface area contributed by atoms with E-state index in [1.54, 1.807) is 11.8 Å². The first-order valence-corrected chi connectivity index (χ1v) is 12.2. The Morgan fingerprint density at radius 2 is 1.77 bits per heavy atom. The lowest BCUT2D eigenvalue weighted by molar-refractivity contribution is -0.139. The van der Waals surface area contributed by atoms with E-state index < -0.39 is 11.6 Å². The molecule has 3 heterocycles. The summed E-state index contributed by atoms with van der Waals surface area (Å²) in [5.41, 5.74) is 1.01. The molecule has 0 aliphatic carbocycles. The Labute approximate surface area is 206 Å². The quantitative estimate of drug-likeness (QED) is 0.614. The highest BCUT2D eigenvalue weighted by Gasteiger charge is 2.48. The standard InChI is InChI=1S/C26H34N6O3/c1-18(2)23-27-19(3)16-21(28-23)30-12-14-31(15-13-30)22(33)17-32-24(34)26(4,29-25(32)35)11-10-20-8-6-5-7-9-20/h5-9,16,18H,10-15,17H2,1-4H3,(H,29,35)/t26-/m0/s1. The van der Waals surface area contributed by atoms with E-state index in [0.717, 1.165) is 27.8 Å². The third-order valence-electron chi connectivity index (χ3n) is 6.73. The summed E-state index contributed by atoms with van der Waals surface area (Å²) in [5.74, 6) is 1.35. The van der Waals surface area contributed by atoms with Crippen LogP contribution in [0.4, 0.5) is 10.6 Å². The van der Waals surface area contributed by atoms with Crippen molar-refractivity contribution in [3.63, 3.8) is 0 Å². The molecule has 9 heteroatoms. The smallest absolute Gasteiger partial charge is 0.325 e. The summed E-state index contributed by atoms with van der Waals surface area (Å²) < 4.78 is 0. The molecular weight excluding hydrogens is 444 g/mol. The summed E-state index contributed by atoms with van der Waals surface area (Å²) in [6.07, 6.45) is 1.13. The molecule has 9 nitrogen and oxygen atoms in total. The average Bonchev–Trinajstić information content (AvgIpc) is 3.06. The second-order valence-corrected chi connectivity index (χ2v) is 9.89. The molecule has 2 saturated heterocycles. The number of urea groups is 1. The molecule has 2 fully saturated rings. The number of anilines is 1. The lowest BCUT2D eigenvalue weighted by Gasteiger charge is -2.36. The van der Waals surface area contributed by atoms with Gasteiger partial charge in [0.25, 0.3) is 5.91 Å². The number of hydrogen-bond donors (Lipinski definition) is 1. The number of amides is 4. The van der Waals surface area contributed by atoms with Crippen molar-refractivity contribution in [1.82, 2.24) is 25.1 Å². The van der Waals surface area contributed by atoms with E-state index in [4.69, 9.17) is 4.98 Å². The Hall–Kier alpha value is -3.49. The number of carbonyl (C=O) groups is 3. The van der Waals surface area contributed by atoms with Crippen LogP contribution in [0.1, 0.15) is 50.2 Å². The first-order chi connectivity index (χ1) is 16.7. The highest BCUT2D eigenvalue weighted by Crippen LogP contribution is 2.24. The zero-order chi connectivity index (χ0) is 25.2. The van der Waals surface area contributed by atoms with Gasteiger partial charge in [-0.3, -0.25) is 14.5 Å². The molecule has 0 radical (unpaired) electrons. The number of rotatable bonds is 7. The van der Waals surface area contributed by atoms with Crippen molar-refractivity contribution in [3.8, 4) is 0 Å². The van der Waals surface area contributed by atoms with Crippen LogP contribution in [-0.2, 0) is 16.0 Å². The molecule has 0 saturated carbocycles. The third kappa shape index (κ3) is 5.44. The molecule has 1 aromatic heterocycles. The van der Waals surface area contributed by atoms with Crippen LogP contribution in [0.25, 0.3) is 0 Å². The van der Waals surface area contributed by atoms with Crippen LogP contribution in [0.2, 0.25) is 0 Å². The average molecular weight is 479 g/mol. The monoisotopic (exact) mass is 478 g/mol. The van der Waals surface area contributed by atoms with Crippen molar-refractivity contribution >= 4 is 23.7 Å². The number of hydrogen-bond acceptors (Lipinski definition) is 6. The highest BCUT2D eigenvalue weighted by atomic mass is 16.2. The molecule has 2 aliphatic rings. The van der Waals surface area contributed by atoms with E-state index in [0.29, 0.717) is 39.0 Å². The Balaban J connectivity index is 1.33. The molecule has 2 aliphatic heterocycles. The Bertz CT molecular complexity index is 1100. The van der Waals surface area contributed by atoms with Gasteiger partial charge in [0.05, 0.1) is 0 Å². The molecule has 35 heavy (non-hydrogen) atoms. The first kappa shape index (κ1) is 24.6. The fraction of sp³-hybridized carbons (Fsp3) is 0.500. The van der Waals surface area contributed by atoms with Crippen LogP contribution in [0, 0.1) is 6.92 Å². The van der Waals surface area contributed by atoms with E-state index >= 15 is 0 Å². The zero-order valence-electron chi connectivity index (χ0n) is 21.0. The maximum Gasteiger partial charge on any atom is 0.325 e. The van der Waals surface area contributed by atoms with Crippen LogP contribution in [0.5, 0.6) is 0 Å². The molecule has 1 N–H and O–H groups in total. The highest BCUT2D eigenvalue weighted by molar-refractivity contribution is 6.08. The van der Waals surface area contributed by atoms with Gasteiger partial charge >= 0.3 is 6.03 Å². The molecule has 186 valence electrons. The van der Waals surface area contributed by atoms with E-state index in [2.05, 4.69) is 29.0 Å². The molecule has 2 aromatic rings. The summed E-state index contributed by atoms with van der Waals surface area (Å²) in [7, 11) is 0. The van der Waals surface area contributed by atoms with Crippen molar-refractivity contribution in [2.45, 2.75) is 52.0 Å². The molecule has 1 aromatic carbocycles. The molecule has 1 atom stereocenters. The molecule has 0 bridgehead atoms. The fourth-order valence-electron chi connectivity index (χ4n) is 4.51. The van der Waals surface area contributed by atoms with Gasteiger partial charge in [0, 0.05) is 43.9 Å². The van der Waals surface area contributed by atoms with Crippen LogP contribution in [-0.4, -0.2) is 75.9 Å². The van der Waals surface area contributed by atoms with Crippen molar-refractivity contribution < 1.29 is 14.4 Å². The molecule has 4 rings (SSSR count). The van der Waals surface area contributed by atoms with E-state index in [1.165, 1.54) is 0 Å². The summed E-state index contributed by atoms with van der Waals surface area (Å²) in [5, 5.41) is 2.80. The summed E-state index contributed by atoms with van der Waals surface area (Å²) in [6.45, 7) is 9.87. The van der Waals surface area contributed by atoms with Gasteiger partial charge in [-0.05, 0) is 32.3 Å². The Morgan fingerprint density at radius 3 is 2.43 bits per heavy atom. The van der Waals surface area contributed by atoms with Gasteiger partial charge in [0.1, 0.15) is 23.7 Å². The molecule has 4 amide bonds. The molecule has 0 unspecified atom stereocenters. The van der Waals surface area contributed by atoms with E-state index in [1.807, 2.05) is 43.3 Å². The summed E-state index contributed by atoms with van der Waals surface area (Å²) in [4.78, 5) is 52.8. The van der Waals surface area contributed by atoms with E-state index in [-0.39, 0.29) is 24.3 Å². The largest absolute Gasteiger partial charge is 0.353 e. The van der Waals surface area contributed by atoms with Crippen LogP contribution < -0.4 is 10.2 Å². The fourth-order valence-corrected chi connectivity index (χ4v) is 4.51. The Kier molecular flexibility index (Phi) is 7.05. The SMILES string of the molecule is Cc1cc(N2CCN(C(=O)CN3C(=O)N[C@@](C)(CCc4ccccc4)C3=O)CC2)nc(C(C)C)n1. The number of aromatic nitrogens is 2. The van der Waals surface area contributed by atoms with Crippen molar-refractivity contribution in [2.24, 2.45) is 0 Å². The van der Waals surface area contributed by atoms with Crippen molar-refractivity contribution in [2.75, 3.05) is 37.6 Å². The first-order valence-electron chi connectivity index (χ1n) is 12.2. The molecule has 0 spiro atoms. The maximum atomic E-state index is 13.1. The summed E-state index contributed by atoms with van der Waals surface area (Å²) >= 11 is 0. The normalized spacial score (nSPS) is 20.5. The van der Waals surface area contributed by atoms with E-state index in [9.17, 15) is 14.4 Å². The minimum atomic E-state index is -1.01. The number of nitrogens with zero attached hydrogens (tertiary/aromatic N) is 5. The summed E-state index contributed by atoms with van der Waals surface area (Å²) in [6, 6.07) is 11.3. The van der Waals surface area contributed by atoms with Gasteiger partial charge in [0.2, 0.25) is 5.91 Å². The van der Waals surface area contributed by atoms with Gasteiger partial charge in [-0.25, -0.2) is 14.8 Å². The van der Waals surface area contributed by atoms with Gasteiger partial charge in [-0.1, -0.05) is 44.2 Å². The van der Waals surface area contributed by atoms with Crippen LogP contribution in [0.15, 0.2) is 36.4 Å². The maximum absolute atomic E-state index is 13.1. The topological polar surface area (TPSA) is 98.7 Å². The van der Waals surface area contributed by atoms with Crippen LogP contribution in [0.3, 0.4) is 0 Å². The number of imide groups is 1. The second kappa shape index (κ2) is 10.0. The number of piperazine rings is 1. The second-order valence-electron chi connectivity index (χ2n) is 9.89. The number of aryl methyl sites for hydroxylation is 2. The van der Waals surface area contributed by atoms with Crippen molar-refractivity contribution in [1.29, 1.82) is 0 Å². The minimum absolute atomic E-state index is 0.220. The number of benzene rings is 1. The van der Waals surface area contributed by atoms with Gasteiger partial charge < -0.3 is 15.1 Å². The number of nitrogens with one attached hydrogen (secondary N) is 1. The zero-order valence-corrected chi connectivity index (χ0v) is 21.0.